The molecule has 1 fully saturated rings. The van der Waals surface area contributed by atoms with Gasteiger partial charge in [-0.25, -0.2) is 9.67 Å². The normalized spacial score (nSPS) is 18.2. The lowest BCUT2D eigenvalue weighted by Crippen LogP contribution is -2.28. The highest BCUT2D eigenvalue weighted by molar-refractivity contribution is 9.10. The second kappa shape index (κ2) is 12.0. The maximum Gasteiger partial charge on any atom is 0.306 e. The Morgan fingerprint density at radius 3 is 2.89 bits per heavy atom. The average molecular weight is 581 g/mol. The largest absolute Gasteiger partial charge is 0.469 e. The topological polar surface area (TPSA) is 72.3 Å². The van der Waals surface area contributed by atoms with Crippen LogP contribution in [0.15, 0.2) is 40.9 Å². The fourth-order valence-electron chi connectivity index (χ4n) is 5.90. The number of halogens is 1. The summed E-state index contributed by atoms with van der Waals surface area (Å²) in [4.78, 5) is 19.8. The van der Waals surface area contributed by atoms with E-state index in [-0.39, 0.29) is 11.9 Å². The number of methoxy groups -OCH3 is 1. The number of rotatable bonds is 9. The van der Waals surface area contributed by atoms with Crippen molar-refractivity contribution in [2.75, 3.05) is 38.6 Å². The number of nitrogens with one attached hydrogen (secondary N) is 1. The van der Waals surface area contributed by atoms with Crippen molar-refractivity contribution in [3.63, 3.8) is 0 Å². The Hall–Kier alpha value is -2.71. The Kier molecular flexibility index (Phi) is 8.48. The van der Waals surface area contributed by atoms with E-state index in [0.717, 1.165) is 78.4 Å². The van der Waals surface area contributed by atoms with E-state index in [4.69, 9.17) is 9.72 Å². The molecule has 7 nitrogen and oxygen atoms in total. The molecule has 0 unspecified atom stereocenters. The van der Waals surface area contributed by atoms with Gasteiger partial charge in [0.1, 0.15) is 5.82 Å². The number of aryl methyl sites for hydroxylation is 4. The van der Waals surface area contributed by atoms with Crippen molar-refractivity contribution in [2.45, 2.75) is 58.3 Å². The van der Waals surface area contributed by atoms with Gasteiger partial charge in [0.2, 0.25) is 0 Å². The van der Waals surface area contributed by atoms with Crippen LogP contribution in [0.4, 0.5) is 5.82 Å². The van der Waals surface area contributed by atoms with Gasteiger partial charge in [0.15, 0.2) is 0 Å². The van der Waals surface area contributed by atoms with E-state index in [1.54, 1.807) is 0 Å². The molecule has 0 spiro atoms. The smallest absolute Gasteiger partial charge is 0.306 e. The summed E-state index contributed by atoms with van der Waals surface area (Å²) in [7, 11) is 1.47. The minimum Gasteiger partial charge on any atom is -0.469 e. The maximum absolute atomic E-state index is 12.4. The first kappa shape index (κ1) is 26.9. The number of fused-ring (bicyclic) bond motifs is 1. The number of aromatic nitrogens is 3. The van der Waals surface area contributed by atoms with Gasteiger partial charge >= 0.3 is 5.97 Å². The molecule has 0 radical (unpaired) electrons. The van der Waals surface area contributed by atoms with E-state index in [0.29, 0.717) is 12.3 Å². The summed E-state index contributed by atoms with van der Waals surface area (Å²) in [5.74, 6) is 1.60. The third kappa shape index (κ3) is 6.46. The molecule has 0 saturated carbocycles. The monoisotopic (exact) mass is 579 g/mol. The van der Waals surface area contributed by atoms with Crippen molar-refractivity contribution < 1.29 is 9.53 Å². The molecular weight excluding hydrogens is 542 g/mol. The molecular formula is C30H38BrN5O2. The van der Waals surface area contributed by atoms with E-state index >= 15 is 0 Å². The van der Waals surface area contributed by atoms with Crippen LogP contribution in [0.5, 0.6) is 0 Å². The van der Waals surface area contributed by atoms with E-state index in [9.17, 15) is 4.79 Å². The minimum absolute atomic E-state index is 0.0443. The third-order valence-corrected chi connectivity index (χ3v) is 8.34. The van der Waals surface area contributed by atoms with Crippen molar-refractivity contribution >= 4 is 27.7 Å². The molecule has 202 valence electrons. The molecule has 2 aliphatic heterocycles. The molecule has 4 heterocycles. The van der Waals surface area contributed by atoms with Gasteiger partial charge in [-0.3, -0.25) is 4.79 Å². The van der Waals surface area contributed by atoms with Crippen LogP contribution < -0.4 is 5.32 Å². The summed E-state index contributed by atoms with van der Waals surface area (Å²) in [6.45, 7) is 8.03. The first-order chi connectivity index (χ1) is 18.4. The van der Waals surface area contributed by atoms with Gasteiger partial charge in [0.05, 0.1) is 24.9 Å². The van der Waals surface area contributed by atoms with Gasteiger partial charge in [-0.2, -0.15) is 5.10 Å². The van der Waals surface area contributed by atoms with E-state index in [2.05, 4.69) is 74.6 Å². The Balaban J connectivity index is 1.25. The highest BCUT2D eigenvalue weighted by atomic mass is 79.9. The highest BCUT2D eigenvalue weighted by Gasteiger charge is 2.27. The standard InChI is InChI=1S/C30H38BrN5O2/c1-20-13-21(2)36(34-20)28-15-24(14-26(31)17-28)25(16-29(37)38-3)19-35-12-10-22(18-35)6-8-27-9-7-23-5-4-11-32-30(23)33-27/h7,9,13-15,17,22,25H,4-6,8,10-12,16,18-19H2,1-3H3,(H,32,33)/t22-,25-/m1/s1. The second-order valence-corrected chi connectivity index (χ2v) is 11.8. The van der Waals surface area contributed by atoms with Gasteiger partial charge in [-0.15, -0.1) is 0 Å². The predicted molar refractivity (Wildman–Crippen MR) is 154 cm³/mol. The van der Waals surface area contributed by atoms with Crippen molar-refractivity contribution in [1.29, 1.82) is 0 Å². The number of carbonyl (C=O) groups is 1. The Bertz CT molecular complexity index is 1290. The van der Waals surface area contributed by atoms with Crippen LogP contribution >= 0.6 is 15.9 Å². The lowest BCUT2D eigenvalue weighted by atomic mass is 9.94. The number of likely N-dealkylation sites (tertiary alicyclic amines) is 1. The number of esters is 1. The average Bonchev–Trinajstić information content (AvgIpc) is 3.51. The first-order valence-corrected chi connectivity index (χ1v) is 14.5. The minimum atomic E-state index is -0.175. The SMILES string of the molecule is COC(=O)C[C@H](CN1CC[C@@H](CCc2ccc3c(n2)NCCC3)C1)c1cc(Br)cc(-n2nc(C)cc2C)c1. The Morgan fingerprint density at radius 2 is 2.11 bits per heavy atom. The third-order valence-electron chi connectivity index (χ3n) is 7.88. The van der Waals surface area contributed by atoms with Crippen molar-refractivity contribution in [3.8, 4) is 5.69 Å². The molecule has 0 bridgehead atoms. The molecule has 2 atom stereocenters. The summed E-state index contributed by atoms with van der Waals surface area (Å²) in [5, 5.41) is 8.12. The van der Waals surface area contributed by atoms with Crippen molar-refractivity contribution in [2.24, 2.45) is 5.92 Å². The number of anilines is 1. The number of hydrogen-bond acceptors (Lipinski definition) is 6. The van der Waals surface area contributed by atoms with Crippen molar-refractivity contribution in [3.05, 3.63) is 69.1 Å². The number of pyridine rings is 1. The van der Waals surface area contributed by atoms with E-state index in [1.165, 1.54) is 31.2 Å². The van der Waals surface area contributed by atoms with Crippen LogP contribution in [0.1, 0.15) is 59.8 Å². The van der Waals surface area contributed by atoms with Gasteiger partial charge in [-0.05, 0) is 99.9 Å². The van der Waals surface area contributed by atoms with Crippen LogP contribution in [0.3, 0.4) is 0 Å². The van der Waals surface area contributed by atoms with Crippen LogP contribution in [0, 0.1) is 19.8 Å². The fraction of sp³-hybridized carbons (Fsp3) is 0.500. The molecule has 1 aromatic carbocycles. The summed E-state index contributed by atoms with van der Waals surface area (Å²) >= 11 is 3.70. The van der Waals surface area contributed by atoms with E-state index in [1.807, 2.05) is 11.6 Å². The molecule has 38 heavy (non-hydrogen) atoms. The van der Waals surface area contributed by atoms with Gasteiger partial charge in [0, 0.05) is 41.4 Å². The Labute approximate surface area is 234 Å². The molecule has 2 aromatic heterocycles. The number of hydrogen-bond donors (Lipinski definition) is 1. The number of carbonyl (C=O) groups excluding carboxylic acids is 1. The highest BCUT2D eigenvalue weighted by Crippen LogP contribution is 2.31. The van der Waals surface area contributed by atoms with Crippen LogP contribution in [-0.4, -0.2) is 58.9 Å². The predicted octanol–water partition coefficient (Wildman–Crippen LogP) is 5.61. The summed E-state index contributed by atoms with van der Waals surface area (Å²) < 4.78 is 8.04. The van der Waals surface area contributed by atoms with Gasteiger partial charge < -0.3 is 15.0 Å². The molecule has 5 rings (SSSR count). The number of benzene rings is 1. The van der Waals surface area contributed by atoms with Crippen LogP contribution in [0.2, 0.25) is 0 Å². The first-order valence-electron chi connectivity index (χ1n) is 13.7. The molecule has 2 aliphatic rings. The second-order valence-electron chi connectivity index (χ2n) is 10.9. The summed E-state index contributed by atoms with van der Waals surface area (Å²) in [6, 6.07) is 12.9. The zero-order chi connectivity index (χ0) is 26.6. The molecule has 1 saturated heterocycles. The Morgan fingerprint density at radius 1 is 1.24 bits per heavy atom. The lowest BCUT2D eigenvalue weighted by molar-refractivity contribution is -0.141. The zero-order valence-electron chi connectivity index (χ0n) is 22.7. The van der Waals surface area contributed by atoms with Crippen LogP contribution in [0.25, 0.3) is 5.69 Å². The number of nitrogens with zero attached hydrogens (tertiary/aromatic N) is 4. The fourth-order valence-corrected chi connectivity index (χ4v) is 6.40. The molecule has 8 heteroatoms. The van der Waals surface area contributed by atoms with E-state index < -0.39 is 0 Å². The van der Waals surface area contributed by atoms with Gasteiger partial charge in [0.25, 0.3) is 0 Å². The molecule has 1 N–H and O–H groups in total. The summed E-state index contributed by atoms with van der Waals surface area (Å²) in [5.41, 5.74) is 6.73. The van der Waals surface area contributed by atoms with Crippen molar-refractivity contribution in [1.82, 2.24) is 19.7 Å². The lowest BCUT2D eigenvalue weighted by Gasteiger charge is -2.24. The quantitative estimate of drug-likeness (QED) is 0.332. The van der Waals surface area contributed by atoms with Gasteiger partial charge in [-0.1, -0.05) is 22.0 Å². The zero-order valence-corrected chi connectivity index (χ0v) is 24.3. The van der Waals surface area contributed by atoms with Crippen LogP contribution in [-0.2, 0) is 22.4 Å². The molecule has 0 aliphatic carbocycles. The maximum atomic E-state index is 12.4. The molecule has 0 amide bonds. The number of ether oxygens (including phenoxy) is 1. The summed E-state index contributed by atoms with van der Waals surface area (Å²) in [6.07, 6.45) is 6.01. The molecule has 3 aromatic rings.